The van der Waals surface area contributed by atoms with Gasteiger partial charge in [-0.2, -0.15) is 0 Å². The molecule has 4 N–H and O–H groups in total. The Balaban J connectivity index is 0.811. The molecule has 5 fully saturated rings. The molecule has 1 unspecified atom stereocenters. The van der Waals surface area contributed by atoms with Crippen LogP contribution in [0.3, 0.4) is 0 Å². The number of anilines is 2. The summed E-state index contributed by atoms with van der Waals surface area (Å²) in [5.74, 6) is -2.45. The average Bonchev–Trinajstić information content (AvgIpc) is 3.84. The highest BCUT2D eigenvalue weighted by Crippen LogP contribution is 2.64. The number of carbonyl (C=O) groups excluding carboxylic acids is 4. The maximum Gasteiger partial charge on any atom is 0.329 e. The summed E-state index contributed by atoms with van der Waals surface area (Å²) >= 11 is 12.8. The summed E-state index contributed by atoms with van der Waals surface area (Å²) in [6, 6.07) is 11.1. The number of nitrogens with one attached hydrogen (secondary N) is 4. The Morgan fingerprint density at radius 2 is 1.63 bits per heavy atom. The molecule has 0 radical (unpaired) electrons. The number of aromatic nitrogens is 3. The molecule has 6 aliphatic rings. The highest BCUT2D eigenvalue weighted by molar-refractivity contribution is 6.31. The van der Waals surface area contributed by atoms with Crippen molar-refractivity contribution in [1.29, 1.82) is 0 Å². The Morgan fingerprint density at radius 3 is 2.35 bits per heavy atom. The Hall–Kier alpha value is -4.83. The fourth-order valence-corrected chi connectivity index (χ4v) is 12.8. The van der Waals surface area contributed by atoms with Crippen LogP contribution in [-0.4, -0.2) is 93.0 Å². The molecule has 344 valence electrons. The zero-order chi connectivity index (χ0) is 45.6. The van der Waals surface area contributed by atoms with Gasteiger partial charge in [0, 0.05) is 86.3 Å². The van der Waals surface area contributed by atoms with Crippen LogP contribution >= 0.6 is 23.2 Å². The van der Waals surface area contributed by atoms with E-state index in [0.29, 0.717) is 47.0 Å². The van der Waals surface area contributed by atoms with Crippen LogP contribution in [0, 0.1) is 17.2 Å². The Labute approximate surface area is 387 Å². The summed E-state index contributed by atoms with van der Waals surface area (Å²) in [6.45, 7) is 8.85. The molecule has 2 saturated carbocycles. The van der Waals surface area contributed by atoms with Gasteiger partial charge in [0.1, 0.15) is 11.5 Å². The molecule has 0 bridgehead atoms. The van der Waals surface area contributed by atoms with Gasteiger partial charge in [-0.1, -0.05) is 43.1 Å². The molecule has 2 aromatic heterocycles. The first-order chi connectivity index (χ1) is 31.1. The number of aryl methyl sites for hydroxylation is 1. The number of hydrogen-bond acceptors (Lipinski definition) is 9. The van der Waals surface area contributed by atoms with Crippen molar-refractivity contribution in [2.45, 2.75) is 113 Å². The number of halogens is 3. The standard InChI is InChI=1S/C48H56Cl2FN9O5/c1-46(2)15-17-47(18-16-46)48(32-10-6-28(49)24-33(32)54-44(48)64)38(31-14-19-52-41(50)39(31)51)40(56-47)43(63)53-29-7-4-27(5-8-29)26-58-20-22-59(23-21-58)30-9-11-34-36(25-30)57(3)45(65)60(34)35-12-13-37(61)55-42(35)62/h6,9-11,14,19,24-25,27,29,35,38,40,56H,4-5,7-8,12-13,15-18,20-23,26H2,1-3H3,(H,53,63)(H,54,64)(H,55,61,62)/t27?,29?,35?,38-,40+,48+/m0/s1. The lowest BCUT2D eigenvalue weighted by molar-refractivity contribution is -0.136. The Kier molecular flexibility index (Phi) is 11.2. The van der Waals surface area contributed by atoms with Crippen LogP contribution in [0.1, 0.15) is 101 Å². The van der Waals surface area contributed by atoms with Crippen molar-refractivity contribution in [3.63, 3.8) is 0 Å². The van der Waals surface area contributed by atoms with E-state index >= 15 is 4.39 Å². The first-order valence-corrected chi connectivity index (χ1v) is 23.9. The van der Waals surface area contributed by atoms with Crippen molar-refractivity contribution < 1.29 is 23.6 Å². The summed E-state index contributed by atoms with van der Waals surface area (Å²) in [5.41, 5.74) is 1.49. The van der Waals surface area contributed by atoms with Gasteiger partial charge in [0.25, 0.3) is 0 Å². The highest BCUT2D eigenvalue weighted by atomic mass is 35.5. The van der Waals surface area contributed by atoms with Gasteiger partial charge >= 0.3 is 5.69 Å². The molecule has 10 rings (SSSR count). The van der Waals surface area contributed by atoms with Gasteiger partial charge in [0.15, 0.2) is 11.0 Å². The van der Waals surface area contributed by atoms with E-state index in [1.165, 1.54) is 10.8 Å². The first-order valence-electron chi connectivity index (χ1n) is 23.1. The van der Waals surface area contributed by atoms with Gasteiger partial charge in [-0.3, -0.25) is 43.8 Å². The largest absolute Gasteiger partial charge is 0.369 e. The van der Waals surface area contributed by atoms with Crippen molar-refractivity contribution in [3.05, 3.63) is 86.3 Å². The highest BCUT2D eigenvalue weighted by Gasteiger charge is 2.73. The Morgan fingerprint density at radius 1 is 0.892 bits per heavy atom. The zero-order valence-corrected chi connectivity index (χ0v) is 38.5. The number of imidazole rings is 1. The van der Waals surface area contributed by atoms with Gasteiger partial charge in [-0.15, -0.1) is 0 Å². The third kappa shape index (κ3) is 7.35. The number of piperazine rings is 1. The number of hydrogen-bond donors (Lipinski definition) is 4. The van der Waals surface area contributed by atoms with E-state index < -0.39 is 40.7 Å². The monoisotopic (exact) mass is 927 g/mol. The lowest BCUT2D eigenvalue weighted by Crippen LogP contribution is -2.61. The number of fused-ring (bicyclic) bond motifs is 4. The summed E-state index contributed by atoms with van der Waals surface area (Å²) in [7, 11) is 1.71. The number of nitrogens with zero attached hydrogens (tertiary/aromatic N) is 5. The number of amides is 4. The van der Waals surface area contributed by atoms with Crippen molar-refractivity contribution in [2.24, 2.45) is 18.4 Å². The predicted molar refractivity (Wildman–Crippen MR) is 247 cm³/mol. The average molecular weight is 929 g/mol. The molecule has 2 aromatic carbocycles. The van der Waals surface area contributed by atoms with Crippen LogP contribution in [0.25, 0.3) is 11.0 Å². The van der Waals surface area contributed by atoms with Crippen LogP contribution in [-0.2, 0) is 31.6 Å². The molecule has 2 aliphatic carbocycles. The van der Waals surface area contributed by atoms with Crippen LogP contribution < -0.4 is 31.9 Å². The minimum Gasteiger partial charge on any atom is -0.369 e. The van der Waals surface area contributed by atoms with Gasteiger partial charge in [0.05, 0.1) is 17.1 Å². The molecule has 4 amide bonds. The molecule has 17 heteroatoms. The van der Waals surface area contributed by atoms with E-state index in [0.717, 1.165) is 82.5 Å². The van der Waals surface area contributed by atoms with Crippen LogP contribution in [0.5, 0.6) is 0 Å². The fourth-order valence-electron chi connectivity index (χ4n) is 12.4. The molecular formula is C48H56Cl2FN9O5. The maximum atomic E-state index is 16.4. The SMILES string of the molecule is Cn1c(=O)n(C2CCC(=O)NC2=O)c2ccc(N3CCN(CC4CCC(NC(=O)[C@@H]5NC6(CCC(C)(C)CC6)[C@@]6(C(=O)Nc7cc(Cl)ccc76)[C@H]5c5ccnc(Cl)c5F)CC4)CC3)cc21. The van der Waals surface area contributed by atoms with E-state index in [-0.39, 0.29) is 52.0 Å². The molecule has 4 aromatic rings. The quantitative estimate of drug-likeness (QED) is 0.130. The molecule has 3 saturated heterocycles. The first kappa shape index (κ1) is 44.0. The molecule has 2 spiro atoms. The van der Waals surface area contributed by atoms with Crippen molar-refractivity contribution in [1.82, 2.24) is 35.0 Å². The second kappa shape index (κ2) is 16.5. The summed E-state index contributed by atoms with van der Waals surface area (Å²) in [5, 5.41) is 12.8. The van der Waals surface area contributed by atoms with E-state index in [1.807, 2.05) is 24.3 Å². The molecule has 65 heavy (non-hydrogen) atoms. The second-order valence-electron chi connectivity index (χ2n) is 20.2. The van der Waals surface area contributed by atoms with Gasteiger partial charge < -0.3 is 15.5 Å². The minimum absolute atomic E-state index is 0.0343. The number of carbonyl (C=O) groups is 4. The Bertz CT molecular complexity index is 2660. The maximum absolute atomic E-state index is 16.4. The van der Waals surface area contributed by atoms with E-state index in [1.54, 1.807) is 29.8 Å². The third-order valence-corrected chi connectivity index (χ3v) is 16.5. The van der Waals surface area contributed by atoms with Crippen LogP contribution in [0.4, 0.5) is 15.8 Å². The van der Waals surface area contributed by atoms with Gasteiger partial charge in [-0.25, -0.2) is 14.2 Å². The summed E-state index contributed by atoms with van der Waals surface area (Å²) in [4.78, 5) is 76.3. The third-order valence-electron chi connectivity index (χ3n) is 16.0. The summed E-state index contributed by atoms with van der Waals surface area (Å²) in [6.07, 6.45) is 8.34. The number of benzene rings is 2. The van der Waals surface area contributed by atoms with E-state index in [4.69, 9.17) is 23.2 Å². The zero-order valence-electron chi connectivity index (χ0n) is 37.0. The molecular weight excluding hydrogens is 872 g/mol. The molecule has 4 aliphatic heterocycles. The van der Waals surface area contributed by atoms with Gasteiger partial charge in [-0.05, 0) is 117 Å². The second-order valence-corrected chi connectivity index (χ2v) is 21.0. The lowest BCUT2D eigenvalue weighted by atomic mass is 9.53. The minimum atomic E-state index is -1.33. The fraction of sp³-hybridized carbons (Fsp3) is 0.542. The van der Waals surface area contributed by atoms with Gasteiger partial charge in [0.2, 0.25) is 23.6 Å². The van der Waals surface area contributed by atoms with E-state index in [2.05, 4.69) is 49.9 Å². The number of imide groups is 1. The van der Waals surface area contributed by atoms with Crippen molar-refractivity contribution >= 4 is 69.2 Å². The molecule has 14 nitrogen and oxygen atoms in total. The summed E-state index contributed by atoms with van der Waals surface area (Å²) < 4.78 is 19.5. The van der Waals surface area contributed by atoms with Crippen LogP contribution in [0.15, 0.2) is 53.5 Å². The lowest BCUT2D eigenvalue weighted by Gasteiger charge is -2.50. The number of piperidine rings is 1. The van der Waals surface area contributed by atoms with Crippen molar-refractivity contribution in [2.75, 3.05) is 42.9 Å². The number of rotatable bonds is 7. The normalized spacial score (nSPS) is 28.7. The number of pyridine rings is 1. The predicted octanol–water partition coefficient (Wildman–Crippen LogP) is 5.94. The van der Waals surface area contributed by atoms with Crippen molar-refractivity contribution in [3.8, 4) is 0 Å². The smallest absolute Gasteiger partial charge is 0.329 e. The molecule has 6 heterocycles. The molecule has 4 atom stereocenters. The topological polar surface area (TPSA) is 163 Å². The van der Waals surface area contributed by atoms with E-state index in [9.17, 15) is 24.0 Å². The van der Waals surface area contributed by atoms with Crippen LogP contribution in [0.2, 0.25) is 10.2 Å².